The van der Waals surface area contributed by atoms with E-state index in [2.05, 4.69) is 52.5 Å². The predicted molar refractivity (Wildman–Crippen MR) is 106 cm³/mol. The summed E-state index contributed by atoms with van der Waals surface area (Å²) in [7, 11) is 0. The van der Waals surface area contributed by atoms with Crippen LogP contribution in [0.25, 0.3) is 0 Å². The van der Waals surface area contributed by atoms with Crippen molar-refractivity contribution in [2.24, 2.45) is 11.8 Å². The summed E-state index contributed by atoms with van der Waals surface area (Å²) in [6.07, 6.45) is 0.695. The largest absolute Gasteiger partial charge is 0.338 e. The molecule has 1 aromatic heterocycles. The molecule has 0 bridgehead atoms. The van der Waals surface area contributed by atoms with Gasteiger partial charge < -0.3 is 4.90 Å². The Morgan fingerprint density at radius 2 is 1.78 bits per heavy atom. The van der Waals surface area contributed by atoms with Crippen molar-refractivity contribution >= 4 is 5.91 Å². The summed E-state index contributed by atoms with van der Waals surface area (Å²) in [5.41, 5.74) is 5.01. The highest BCUT2D eigenvalue weighted by Crippen LogP contribution is 2.33. The summed E-state index contributed by atoms with van der Waals surface area (Å²) >= 11 is 0. The van der Waals surface area contributed by atoms with E-state index in [-0.39, 0.29) is 0 Å². The molecule has 27 heavy (non-hydrogen) atoms. The summed E-state index contributed by atoms with van der Waals surface area (Å²) in [6.45, 7) is 12.0. The highest BCUT2D eigenvalue weighted by Gasteiger charge is 2.40. The molecule has 5 nitrogen and oxygen atoms in total. The Hall–Kier alpha value is -2.14. The van der Waals surface area contributed by atoms with Crippen LogP contribution in [-0.4, -0.2) is 45.1 Å². The third kappa shape index (κ3) is 3.65. The van der Waals surface area contributed by atoms with E-state index in [1.165, 1.54) is 16.8 Å². The van der Waals surface area contributed by atoms with Gasteiger partial charge in [-0.1, -0.05) is 30.3 Å². The number of carbonyl (C=O) groups excluding carboxylic acids is 1. The number of carbonyl (C=O) groups is 1. The van der Waals surface area contributed by atoms with Gasteiger partial charge in [-0.3, -0.25) is 14.4 Å². The molecule has 1 aromatic carbocycles. The summed E-state index contributed by atoms with van der Waals surface area (Å²) in [4.78, 5) is 17.2. The van der Waals surface area contributed by atoms with Gasteiger partial charge in [-0.25, -0.2) is 0 Å². The van der Waals surface area contributed by atoms with Gasteiger partial charge in [0.2, 0.25) is 5.91 Å². The first-order valence-electron chi connectivity index (χ1n) is 10.1. The van der Waals surface area contributed by atoms with Crippen molar-refractivity contribution in [1.82, 2.24) is 19.6 Å². The Labute approximate surface area is 162 Å². The Kier molecular flexibility index (Phi) is 5.04. The molecule has 2 aromatic rings. The molecule has 2 aliphatic rings. The number of fused-ring (bicyclic) bond motifs is 1. The molecule has 144 valence electrons. The second kappa shape index (κ2) is 7.47. The van der Waals surface area contributed by atoms with E-state index in [9.17, 15) is 4.79 Å². The van der Waals surface area contributed by atoms with Gasteiger partial charge in [-0.15, -0.1) is 0 Å². The van der Waals surface area contributed by atoms with Gasteiger partial charge in [-0.2, -0.15) is 5.10 Å². The fourth-order valence-corrected chi connectivity index (χ4v) is 4.79. The lowest BCUT2D eigenvalue weighted by Gasteiger charge is -2.34. The molecule has 2 fully saturated rings. The van der Waals surface area contributed by atoms with Gasteiger partial charge in [0.15, 0.2) is 0 Å². The monoisotopic (exact) mass is 366 g/mol. The van der Waals surface area contributed by atoms with Crippen LogP contribution in [0.2, 0.25) is 0 Å². The van der Waals surface area contributed by atoms with Crippen LogP contribution in [0.5, 0.6) is 0 Å². The molecule has 0 saturated carbocycles. The molecular weight excluding hydrogens is 336 g/mol. The summed E-state index contributed by atoms with van der Waals surface area (Å²) in [5.74, 6) is 1.41. The van der Waals surface area contributed by atoms with E-state index in [0.29, 0.717) is 24.2 Å². The lowest BCUT2D eigenvalue weighted by atomic mass is 9.88. The summed E-state index contributed by atoms with van der Waals surface area (Å²) in [6, 6.07) is 10.3. The molecule has 5 heteroatoms. The maximum atomic E-state index is 12.7. The fraction of sp³-hybridized carbons (Fsp3) is 0.545. The van der Waals surface area contributed by atoms with E-state index >= 15 is 0 Å². The molecule has 0 spiro atoms. The SMILES string of the molecule is CCn1nc(C)c(CN2C[C@@H]3CC(=O)N(Cc4ccccc4)C[C@@H]3C2)c1C. The average molecular weight is 367 g/mol. The number of hydrogen-bond donors (Lipinski definition) is 0. The summed E-state index contributed by atoms with van der Waals surface area (Å²) in [5, 5.41) is 4.66. The van der Waals surface area contributed by atoms with Crippen LogP contribution in [0.3, 0.4) is 0 Å². The Morgan fingerprint density at radius 1 is 1.04 bits per heavy atom. The lowest BCUT2D eigenvalue weighted by molar-refractivity contribution is -0.136. The average Bonchev–Trinajstić information content (AvgIpc) is 3.17. The van der Waals surface area contributed by atoms with Crippen LogP contribution in [0.4, 0.5) is 0 Å². The maximum Gasteiger partial charge on any atom is 0.223 e. The normalized spacial score (nSPS) is 23.1. The van der Waals surface area contributed by atoms with Crippen LogP contribution >= 0.6 is 0 Å². The maximum absolute atomic E-state index is 12.7. The van der Waals surface area contributed by atoms with Gasteiger partial charge in [0.25, 0.3) is 0 Å². The van der Waals surface area contributed by atoms with Crippen molar-refractivity contribution in [3.05, 3.63) is 52.8 Å². The zero-order valence-electron chi connectivity index (χ0n) is 16.7. The van der Waals surface area contributed by atoms with Crippen molar-refractivity contribution in [1.29, 1.82) is 0 Å². The fourth-order valence-electron chi connectivity index (χ4n) is 4.79. The van der Waals surface area contributed by atoms with E-state index in [1.54, 1.807) is 0 Å². The van der Waals surface area contributed by atoms with Crippen LogP contribution in [0.15, 0.2) is 30.3 Å². The highest BCUT2D eigenvalue weighted by molar-refractivity contribution is 5.77. The Balaban J connectivity index is 1.41. The third-order valence-electron chi connectivity index (χ3n) is 6.33. The second-order valence-corrected chi connectivity index (χ2v) is 8.14. The molecular formula is C22H30N4O. The van der Waals surface area contributed by atoms with Crippen LogP contribution in [-0.2, 0) is 24.4 Å². The summed E-state index contributed by atoms with van der Waals surface area (Å²) < 4.78 is 2.10. The molecule has 0 unspecified atom stereocenters. The number of amides is 1. The lowest BCUT2D eigenvalue weighted by Crippen LogP contribution is -2.43. The first kappa shape index (κ1) is 18.2. The first-order chi connectivity index (χ1) is 13.0. The molecule has 4 rings (SSSR count). The van der Waals surface area contributed by atoms with E-state index in [4.69, 9.17) is 0 Å². The van der Waals surface area contributed by atoms with Crippen molar-refractivity contribution < 1.29 is 4.79 Å². The number of hydrogen-bond acceptors (Lipinski definition) is 3. The van der Waals surface area contributed by atoms with Crippen LogP contribution in [0, 0.1) is 25.7 Å². The highest BCUT2D eigenvalue weighted by atomic mass is 16.2. The number of rotatable bonds is 5. The smallest absolute Gasteiger partial charge is 0.223 e. The number of likely N-dealkylation sites (tertiary alicyclic amines) is 2. The quantitative estimate of drug-likeness (QED) is 0.817. The minimum absolute atomic E-state index is 0.313. The van der Waals surface area contributed by atoms with Crippen molar-refractivity contribution in [3.8, 4) is 0 Å². The van der Waals surface area contributed by atoms with Gasteiger partial charge in [0, 0.05) is 56.9 Å². The molecule has 0 aliphatic carbocycles. The number of aryl methyl sites for hydroxylation is 2. The number of benzene rings is 1. The standard InChI is InChI=1S/C22H30N4O/c1-4-26-17(3)21(16(2)23-26)15-24-12-19-10-22(27)25(14-20(19)13-24)11-18-8-6-5-7-9-18/h5-9,19-20H,4,10-15H2,1-3H3/t19-,20-/m0/s1. The Bertz CT molecular complexity index is 813. The predicted octanol–water partition coefficient (Wildman–Crippen LogP) is 3.00. The van der Waals surface area contributed by atoms with Gasteiger partial charge >= 0.3 is 0 Å². The molecule has 2 atom stereocenters. The van der Waals surface area contributed by atoms with E-state index < -0.39 is 0 Å². The number of piperidine rings is 1. The molecule has 1 amide bonds. The third-order valence-corrected chi connectivity index (χ3v) is 6.33. The number of nitrogens with zero attached hydrogens (tertiary/aromatic N) is 4. The Morgan fingerprint density at radius 3 is 2.48 bits per heavy atom. The minimum Gasteiger partial charge on any atom is -0.338 e. The topological polar surface area (TPSA) is 41.4 Å². The molecule has 3 heterocycles. The molecule has 0 N–H and O–H groups in total. The zero-order chi connectivity index (χ0) is 19.0. The molecule has 2 saturated heterocycles. The number of aromatic nitrogens is 2. The van der Waals surface area contributed by atoms with Crippen LogP contribution < -0.4 is 0 Å². The van der Waals surface area contributed by atoms with E-state index in [1.807, 2.05) is 18.2 Å². The van der Waals surface area contributed by atoms with Crippen LogP contribution in [0.1, 0.15) is 35.9 Å². The van der Waals surface area contributed by atoms with E-state index in [0.717, 1.165) is 45.0 Å². The second-order valence-electron chi connectivity index (χ2n) is 8.14. The van der Waals surface area contributed by atoms with Gasteiger partial charge in [0.05, 0.1) is 5.69 Å². The van der Waals surface area contributed by atoms with Crippen molar-refractivity contribution in [2.45, 2.75) is 46.8 Å². The minimum atomic E-state index is 0.313. The zero-order valence-corrected chi connectivity index (χ0v) is 16.7. The first-order valence-corrected chi connectivity index (χ1v) is 10.1. The van der Waals surface area contributed by atoms with Crippen molar-refractivity contribution in [3.63, 3.8) is 0 Å². The van der Waals surface area contributed by atoms with Gasteiger partial charge in [-0.05, 0) is 38.2 Å². The van der Waals surface area contributed by atoms with Gasteiger partial charge in [0.1, 0.15) is 0 Å². The molecule has 0 radical (unpaired) electrons. The molecule has 2 aliphatic heterocycles. The van der Waals surface area contributed by atoms with Crippen molar-refractivity contribution in [2.75, 3.05) is 19.6 Å².